The molecule has 0 aliphatic heterocycles. The average molecular weight is 287 g/mol. The molecule has 114 valence electrons. The first-order valence-corrected chi connectivity index (χ1v) is 6.28. The second kappa shape index (κ2) is 7.93. The van der Waals surface area contributed by atoms with E-state index in [9.17, 15) is 9.90 Å². The molecule has 0 bridgehead atoms. The Morgan fingerprint density at radius 3 is 2.65 bits per heavy atom. The topological polar surface area (TPSA) is 95.7 Å². The minimum atomic E-state index is -0.750. The van der Waals surface area contributed by atoms with Crippen LogP contribution in [0.5, 0.6) is 0 Å². The molecule has 1 heterocycles. The van der Waals surface area contributed by atoms with Crippen LogP contribution in [0.3, 0.4) is 0 Å². The Hall–Kier alpha value is -1.51. The minimum Gasteiger partial charge on any atom is -0.464 e. The third-order valence-corrected chi connectivity index (χ3v) is 2.50. The molecular formula is C12H21N3O5. The first-order chi connectivity index (χ1) is 9.49. The monoisotopic (exact) mass is 287 g/mol. The summed E-state index contributed by atoms with van der Waals surface area (Å²) in [4.78, 5) is 11.5. The molecule has 8 nitrogen and oxygen atoms in total. The molecule has 1 aromatic rings. The van der Waals surface area contributed by atoms with Crippen molar-refractivity contribution < 1.29 is 24.1 Å². The summed E-state index contributed by atoms with van der Waals surface area (Å²) in [5.41, 5.74) is 0.550. The highest BCUT2D eigenvalue weighted by Gasteiger charge is 2.21. The Morgan fingerprint density at radius 1 is 1.40 bits per heavy atom. The Labute approximate surface area is 117 Å². The zero-order valence-corrected chi connectivity index (χ0v) is 12.2. The maximum atomic E-state index is 11.5. The van der Waals surface area contributed by atoms with Gasteiger partial charge in [0.05, 0.1) is 44.8 Å². The molecule has 1 atom stereocenters. The second-order valence-electron chi connectivity index (χ2n) is 4.53. The second-order valence-corrected chi connectivity index (χ2v) is 4.53. The van der Waals surface area contributed by atoms with Crippen LogP contribution in [-0.4, -0.2) is 59.1 Å². The molecule has 1 aromatic heterocycles. The van der Waals surface area contributed by atoms with Crippen LogP contribution in [0.1, 0.15) is 30.0 Å². The Morgan fingerprint density at radius 2 is 2.10 bits per heavy atom. The van der Waals surface area contributed by atoms with Gasteiger partial charge in [-0.25, -0.2) is 9.48 Å². The van der Waals surface area contributed by atoms with Gasteiger partial charge in [-0.1, -0.05) is 5.21 Å². The van der Waals surface area contributed by atoms with E-state index in [0.717, 1.165) is 0 Å². The number of methoxy groups -OCH3 is 2. The molecule has 1 unspecified atom stereocenters. The number of rotatable bonds is 8. The van der Waals surface area contributed by atoms with Crippen LogP contribution in [0, 0.1) is 0 Å². The summed E-state index contributed by atoms with van der Waals surface area (Å²) in [7, 11) is 2.76. The summed E-state index contributed by atoms with van der Waals surface area (Å²) in [6.45, 7) is 4.25. The van der Waals surface area contributed by atoms with Crippen LogP contribution in [0.4, 0.5) is 0 Å². The summed E-state index contributed by atoms with van der Waals surface area (Å²) in [5, 5.41) is 17.5. The van der Waals surface area contributed by atoms with Crippen molar-refractivity contribution in [1.29, 1.82) is 0 Å². The van der Waals surface area contributed by atoms with Gasteiger partial charge in [-0.05, 0) is 13.8 Å². The van der Waals surface area contributed by atoms with Gasteiger partial charge in [0.25, 0.3) is 0 Å². The third kappa shape index (κ3) is 4.55. The van der Waals surface area contributed by atoms with Gasteiger partial charge in [0.1, 0.15) is 0 Å². The van der Waals surface area contributed by atoms with Gasteiger partial charge in [-0.3, -0.25) is 0 Å². The van der Waals surface area contributed by atoms with Gasteiger partial charge in [0, 0.05) is 7.11 Å². The van der Waals surface area contributed by atoms with E-state index in [1.54, 1.807) is 0 Å². The largest absolute Gasteiger partial charge is 0.464 e. The van der Waals surface area contributed by atoms with Crippen LogP contribution >= 0.6 is 0 Å². The van der Waals surface area contributed by atoms with Crippen molar-refractivity contribution in [3.8, 4) is 0 Å². The Kier molecular flexibility index (Phi) is 6.56. The predicted molar refractivity (Wildman–Crippen MR) is 69.2 cm³/mol. The molecule has 0 aromatic carbocycles. The minimum absolute atomic E-state index is 0.0319. The van der Waals surface area contributed by atoms with E-state index in [0.29, 0.717) is 5.69 Å². The highest BCUT2D eigenvalue weighted by atomic mass is 16.5. The highest BCUT2D eigenvalue weighted by Crippen LogP contribution is 2.09. The highest BCUT2D eigenvalue weighted by molar-refractivity contribution is 5.88. The summed E-state index contributed by atoms with van der Waals surface area (Å²) >= 11 is 0. The SMILES string of the molecule is COCc1c(C(=O)OC)nnn1CC(O)COC(C)C. The van der Waals surface area contributed by atoms with Crippen molar-refractivity contribution >= 4 is 5.97 Å². The van der Waals surface area contributed by atoms with E-state index in [1.807, 2.05) is 13.8 Å². The predicted octanol–water partition coefficient (Wildman–Crippen LogP) is -0.00300. The van der Waals surface area contributed by atoms with E-state index in [4.69, 9.17) is 9.47 Å². The van der Waals surface area contributed by atoms with Crippen LogP contribution in [0.2, 0.25) is 0 Å². The molecule has 1 N–H and O–H groups in total. The van der Waals surface area contributed by atoms with E-state index in [2.05, 4.69) is 15.0 Å². The number of carbonyl (C=O) groups is 1. The zero-order valence-electron chi connectivity index (χ0n) is 12.2. The molecule has 0 fully saturated rings. The maximum Gasteiger partial charge on any atom is 0.360 e. The molecule has 0 saturated heterocycles. The number of nitrogens with zero attached hydrogens (tertiary/aromatic N) is 3. The summed E-state index contributed by atoms with van der Waals surface area (Å²) < 4.78 is 16.4. The van der Waals surface area contributed by atoms with Gasteiger partial charge >= 0.3 is 5.97 Å². The average Bonchev–Trinajstić information content (AvgIpc) is 2.79. The van der Waals surface area contributed by atoms with E-state index < -0.39 is 12.1 Å². The molecule has 0 radical (unpaired) electrons. The normalized spacial score (nSPS) is 12.7. The number of hydrogen-bond acceptors (Lipinski definition) is 7. The first-order valence-electron chi connectivity index (χ1n) is 6.28. The van der Waals surface area contributed by atoms with Crippen LogP contribution in [0.15, 0.2) is 0 Å². The number of aliphatic hydroxyl groups is 1. The van der Waals surface area contributed by atoms with Crippen molar-refractivity contribution in [3.63, 3.8) is 0 Å². The molecular weight excluding hydrogens is 266 g/mol. The maximum absolute atomic E-state index is 11.5. The molecule has 0 aliphatic rings. The van der Waals surface area contributed by atoms with E-state index in [-0.39, 0.29) is 31.6 Å². The summed E-state index contributed by atoms with van der Waals surface area (Å²) in [6.07, 6.45) is -0.718. The van der Waals surface area contributed by atoms with Crippen molar-refractivity contribution in [2.75, 3.05) is 20.8 Å². The number of hydrogen-bond donors (Lipinski definition) is 1. The lowest BCUT2D eigenvalue weighted by atomic mass is 10.3. The third-order valence-electron chi connectivity index (χ3n) is 2.50. The number of ether oxygens (including phenoxy) is 3. The summed E-state index contributed by atoms with van der Waals surface area (Å²) in [6, 6.07) is 0. The first kappa shape index (κ1) is 16.5. The molecule has 1 rings (SSSR count). The molecule has 0 spiro atoms. The Balaban J connectivity index is 2.78. The van der Waals surface area contributed by atoms with Crippen molar-refractivity contribution in [3.05, 3.63) is 11.4 Å². The van der Waals surface area contributed by atoms with Crippen LogP contribution < -0.4 is 0 Å². The van der Waals surface area contributed by atoms with Crippen molar-refractivity contribution in [2.45, 2.75) is 39.2 Å². The smallest absolute Gasteiger partial charge is 0.360 e. The van der Waals surface area contributed by atoms with Crippen molar-refractivity contribution in [2.24, 2.45) is 0 Å². The quantitative estimate of drug-likeness (QED) is 0.672. The number of aliphatic hydroxyl groups excluding tert-OH is 1. The standard InChI is InChI=1S/C12H21N3O5/c1-8(2)20-6-9(16)5-15-10(7-18-3)11(13-14-15)12(17)19-4/h8-9,16H,5-7H2,1-4H3. The lowest BCUT2D eigenvalue weighted by Gasteiger charge is -2.14. The van der Waals surface area contributed by atoms with Gasteiger partial charge < -0.3 is 19.3 Å². The molecule has 0 aliphatic carbocycles. The number of carbonyl (C=O) groups excluding carboxylic acids is 1. The van der Waals surface area contributed by atoms with Crippen LogP contribution in [-0.2, 0) is 27.4 Å². The van der Waals surface area contributed by atoms with E-state index in [1.165, 1.54) is 18.9 Å². The number of esters is 1. The van der Waals surface area contributed by atoms with E-state index >= 15 is 0 Å². The molecule has 0 amide bonds. The fourth-order valence-electron chi connectivity index (χ4n) is 1.57. The van der Waals surface area contributed by atoms with Crippen LogP contribution in [0.25, 0.3) is 0 Å². The molecule has 20 heavy (non-hydrogen) atoms. The number of aromatic nitrogens is 3. The Bertz CT molecular complexity index is 433. The molecule has 0 saturated carbocycles. The van der Waals surface area contributed by atoms with Gasteiger partial charge in [-0.15, -0.1) is 5.10 Å². The zero-order chi connectivity index (χ0) is 15.1. The van der Waals surface area contributed by atoms with Gasteiger partial charge in [-0.2, -0.15) is 0 Å². The van der Waals surface area contributed by atoms with Gasteiger partial charge in [0.15, 0.2) is 5.69 Å². The summed E-state index contributed by atoms with van der Waals surface area (Å²) in [5.74, 6) is -0.587. The lowest BCUT2D eigenvalue weighted by Crippen LogP contribution is -2.25. The van der Waals surface area contributed by atoms with Gasteiger partial charge in [0.2, 0.25) is 0 Å². The molecule has 8 heteroatoms. The van der Waals surface area contributed by atoms with Crippen molar-refractivity contribution in [1.82, 2.24) is 15.0 Å². The fourth-order valence-corrected chi connectivity index (χ4v) is 1.57. The fraction of sp³-hybridized carbons (Fsp3) is 0.750. The lowest BCUT2D eigenvalue weighted by molar-refractivity contribution is -0.00304.